The Morgan fingerprint density at radius 1 is 1.30 bits per heavy atom. The van der Waals surface area contributed by atoms with Crippen molar-refractivity contribution in [3.63, 3.8) is 0 Å². The van der Waals surface area contributed by atoms with Gasteiger partial charge < -0.3 is 10.6 Å². The minimum Gasteiger partial charge on any atom is -0.347 e. The van der Waals surface area contributed by atoms with Gasteiger partial charge in [0.25, 0.3) is 5.91 Å². The highest BCUT2D eigenvalue weighted by Gasteiger charge is 2.40. The Hall–Kier alpha value is -1.46. The van der Waals surface area contributed by atoms with Gasteiger partial charge in [0.05, 0.1) is 0 Å². The number of carbonyl (C=O) groups is 1. The minimum atomic E-state index is -3.49. The molecule has 1 aromatic carbocycles. The summed E-state index contributed by atoms with van der Waals surface area (Å²) in [6, 6.07) is 7.13. The fourth-order valence-corrected chi connectivity index (χ4v) is 1.91. The molecule has 1 aromatic rings. The first-order chi connectivity index (χ1) is 9.10. The number of benzene rings is 1. The summed E-state index contributed by atoms with van der Waals surface area (Å²) in [7, 11) is 0. The van der Waals surface area contributed by atoms with Crippen molar-refractivity contribution in [3.05, 3.63) is 47.5 Å². The van der Waals surface area contributed by atoms with E-state index < -0.39 is 11.8 Å². The van der Waals surface area contributed by atoms with E-state index in [4.69, 9.17) is 0 Å². The van der Waals surface area contributed by atoms with Crippen molar-refractivity contribution < 1.29 is 13.6 Å². The normalized spacial score (nSPS) is 15.0. The van der Waals surface area contributed by atoms with Crippen molar-refractivity contribution in [1.29, 1.82) is 0 Å². The lowest BCUT2D eigenvalue weighted by molar-refractivity contribution is -0.146. The predicted molar refractivity (Wildman–Crippen MR) is 76.2 cm³/mol. The van der Waals surface area contributed by atoms with Gasteiger partial charge in [-0.15, -0.1) is 12.4 Å². The molecule has 0 fully saturated rings. The second-order valence-electron chi connectivity index (χ2n) is 4.44. The van der Waals surface area contributed by atoms with Crippen LogP contribution in [0.2, 0.25) is 0 Å². The molecule has 0 radical (unpaired) electrons. The van der Waals surface area contributed by atoms with Crippen LogP contribution in [0.5, 0.6) is 0 Å². The van der Waals surface area contributed by atoms with E-state index in [0.717, 1.165) is 25.1 Å². The number of carbonyl (C=O) groups excluding carboxylic acids is 1. The second kappa shape index (κ2) is 7.36. The van der Waals surface area contributed by atoms with Crippen LogP contribution in [-0.2, 0) is 10.7 Å². The molecule has 2 N–H and O–H groups in total. The predicted octanol–water partition coefficient (Wildman–Crippen LogP) is 2.24. The van der Waals surface area contributed by atoms with Crippen LogP contribution in [0.25, 0.3) is 0 Å². The summed E-state index contributed by atoms with van der Waals surface area (Å²) in [6.45, 7) is 1.72. The van der Waals surface area contributed by atoms with Crippen LogP contribution in [-0.4, -0.2) is 25.5 Å². The highest BCUT2D eigenvalue weighted by molar-refractivity contribution is 5.85. The molecule has 3 nitrogen and oxygen atoms in total. The molecule has 0 saturated carbocycles. The number of hydrogen-bond acceptors (Lipinski definition) is 2. The zero-order chi connectivity index (χ0) is 13.7. The number of hydrogen-bond donors (Lipinski definition) is 2. The minimum absolute atomic E-state index is 0. The number of amides is 1. The number of halogens is 3. The van der Waals surface area contributed by atoms with Gasteiger partial charge in [-0.05, 0) is 13.0 Å². The maximum absolute atomic E-state index is 13.9. The molecule has 0 bridgehead atoms. The smallest absolute Gasteiger partial charge is 0.347 e. The van der Waals surface area contributed by atoms with Crippen LogP contribution in [0, 0.1) is 0 Å². The van der Waals surface area contributed by atoms with Crippen LogP contribution >= 0.6 is 12.4 Å². The summed E-state index contributed by atoms with van der Waals surface area (Å²) in [5.74, 6) is -4.74. The molecular formula is C14H17ClF2N2O. The quantitative estimate of drug-likeness (QED) is 0.838. The van der Waals surface area contributed by atoms with Gasteiger partial charge in [-0.25, -0.2) is 0 Å². The van der Waals surface area contributed by atoms with E-state index in [1.54, 1.807) is 6.07 Å². The molecule has 0 aliphatic carbocycles. The Bertz CT molecular complexity index is 477. The van der Waals surface area contributed by atoms with Gasteiger partial charge in [-0.1, -0.05) is 42.0 Å². The van der Waals surface area contributed by atoms with E-state index in [0.29, 0.717) is 0 Å². The summed E-state index contributed by atoms with van der Waals surface area (Å²) >= 11 is 0. The molecule has 20 heavy (non-hydrogen) atoms. The first-order valence-corrected chi connectivity index (χ1v) is 6.21. The van der Waals surface area contributed by atoms with E-state index in [1.165, 1.54) is 24.3 Å². The third-order valence-corrected chi connectivity index (χ3v) is 3.06. The largest absolute Gasteiger partial charge is 0.349 e. The second-order valence-corrected chi connectivity index (χ2v) is 4.44. The molecule has 0 aromatic heterocycles. The fraction of sp³-hybridized carbons (Fsp3) is 0.357. The highest BCUT2D eigenvalue weighted by Crippen LogP contribution is 2.27. The van der Waals surface area contributed by atoms with Crippen molar-refractivity contribution in [2.45, 2.75) is 12.3 Å². The lowest BCUT2D eigenvalue weighted by Gasteiger charge is -2.18. The van der Waals surface area contributed by atoms with Crippen LogP contribution in [0.1, 0.15) is 12.0 Å². The first kappa shape index (κ1) is 16.6. The third-order valence-electron chi connectivity index (χ3n) is 3.06. The fourth-order valence-electron chi connectivity index (χ4n) is 1.91. The topological polar surface area (TPSA) is 41.1 Å². The lowest BCUT2D eigenvalue weighted by atomic mass is 10.1. The van der Waals surface area contributed by atoms with Crippen molar-refractivity contribution in [2.24, 2.45) is 0 Å². The molecular weight excluding hydrogens is 286 g/mol. The van der Waals surface area contributed by atoms with Crippen LogP contribution in [0.4, 0.5) is 8.78 Å². The molecule has 0 saturated heterocycles. The Labute approximate surface area is 122 Å². The van der Waals surface area contributed by atoms with Gasteiger partial charge in [0.2, 0.25) is 0 Å². The van der Waals surface area contributed by atoms with Crippen LogP contribution in [0.3, 0.4) is 0 Å². The van der Waals surface area contributed by atoms with Crippen molar-refractivity contribution in [1.82, 2.24) is 10.6 Å². The van der Waals surface area contributed by atoms with Gasteiger partial charge in [0.15, 0.2) is 0 Å². The van der Waals surface area contributed by atoms with E-state index >= 15 is 0 Å². The first-order valence-electron chi connectivity index (χ1n) is 6.21. The zero-order valence-electron chi connectivity index (χ0n) is 10.9. The Kier molecular flexibility index (Phi) is 6.10. The Balaban J connectivity index is 0.00000200. The van der Waals surface area contributed by atoms with Crippen molar-refractivity contribution in [3.8, 4) is 0 Å². The molecule has 6 heteroatoms. The number of nitrogens with one attached hydrogen (secondary N) is 2. The van der Waals surface area contributed by atoms with E-state index in [9.17, 15) is 13.6 Å². The number of alkyl halides is 2. The van der Waals surface area contributed by atoms with Gasteiger partial charge in [-0.2, -0.15) is 8.78 Å². The summed E-state index contributed by atoms with van der Waals surface area (Å²) in [4.78, 5) is 11.6. The summed E-state index contributed by atoms with van der Waals surface area (Å²) < 4.78 is 27.7. The van der Waals surface area contributed by atoms with Gasteiger partial charge in [0.1, 0.15) is 0 Å². The molecule has 0 spiro atoms. The lowest BCUT2D eigenvalue weighted by Crippen LogP contribution is -2.39. The summed E-state index contributed by atoms with van der Waals surface area (Å²) in [5, 5.41) is 5.43. The van der Waals surface area contributed by atoms with E-state index in [2.05, 4.69) is 10.6 Å². The van der Waals surface area contributed by atoms with Crippen molar-refractivity contribution >= 4 is 18.3 Å². The Morgan fingerprint density at radius 3 is 2.60 bits per heavy atom. The molecule has 1 aliphatic rings. The summed E-state index contributed by atoms with van der Waals surface area (Å²) in [5.41, 5.74) is 0.697. The standard InChI is InChI=1S/C14H16F2N2O.ClH/c15-14(16,12-4-2-1-3-5-12)13(19)18-10-11-6-8-17-9-7-11;/h1-6,17H,7-10H2,(H,18,19);1H. The zero-order valence-corrected chi connectivity index (χ0v) is 11.7. The molecule has 1 amide bonds. The molecule has 1 heterocycles. The maximum atomic E-state index is 13.9. The van der Waals surface area contributed by atoms with Gasteiger partial charge >= 0.3 is 5.92 Å². The van der Waals surface area contributed by atoms with Gasteiger partial charge in [0, 0.05) is 18.7 Å². The summed E-state index contributed by atoms with van der Waals surface area (Å²) in [6.07, 6.45) is 2.70. The third kappa shape index (κ3) is 4.02. The van der Waals surface area contributed by atoms with Crippen molar-refractivity contribution in [2.75, 3.05) is 19.6 Å². The monoisotopic (exact) mass is 302 g/mol. The molecule has 0 atom stereocenters. The van der Waals surface area contributed by atoms with E-state index in [1.807, 2.05) is 6.08 Å². The molecule has 1 aliphatic heterocycles. The van der Waals surface area contributed by atoms with Gasteiger partial charge in [-0.3, -0.25) is 4.79 Å². The van der Waals surface area contributed by atoms with Crippen LogP contribution in [0.15, 0.2) is 42.0 Å². The highest BCUT2D eigenvalue weighted by atomic mass is 35.5. The SMILES string of the molecule is Cl.O=C(NCC1=CCNCC1)C(F)(F)c1ccccc1. The van der Waals surface area contributed by atoms with Crippen LogP contribution < -0.4 is 10.6 Å². The maximum Gasteiger partial charge on any atom is 0.349 e. The molecule has 0 unspecified atom stereocenters. The van der Waals surface area contributed by atoms with E-state index in [-0.39, 0.29) is 24.5 Å². The average molecular weight is 303 g/mol. The Morgan fingerprint density at radius 2 is 2.00 bits per heavy atom. The molecule has 110 valence electrons. The molecule has 2 rings (SSSR count). The average Bonchev–Trinajstić information content (AvgIpc) is 2.46. The number of rotatable bonds is 4.